The van der Waals surface area contributed by atoms with Crippen molar-refractivity contribution in [2.24, 2.45) is 0 Å². The third kappa shape index (κ3) is 99.0. The zero-order valence-corrected chi connectivity index (χ0v) is 69.9. The molecule has 0 radical (unpaired) electrons. The van der Waals surface area contributed by atoms with E-state index in [-0.39, 0.29) is 54.0 Å². The van der Waals surface area contributed by atoms with Crippen molar-refractivity contribution in [2.45, 2.75) is 534 Å². The van der Waals surface area contributed by atoms with E-state index in [4.69, 9.17) is 0 Å². The Morgan fingerprint density at radius 2 is 0.252 bits per heavy atom. The van der Waals surface area contributed by atoms with Crippen molar-refractivity contribution in [3.05, 3.63) is 50.6 Å². The number of unbranched alkanes of at least 4 members (excludes halogenated alkanes) is 74. The molecule has 0 aliphatic heterocycles. The van der Waals surface area contributed by atoms with Gasteiger partial charge in [0, 0.05) is 12.8 Å². The van der Waals surface area contributed by atoms with Crippen molar-refractivity contribution >= 4 is 34.7 Å². The first-order valence-corrected chi connectivity index (χ1v) is 46.3. The maximum absolute atomic E-state index is 11.6. The summed E-state index contributed by atoms with van der Waals surface area (Å²) in [5.74, 6) is -0.707. The lowest BCUT2D eigenvalue weighted by molar-refractivity contribution is -0.126. The summed E-state index contributed by atoms with van der Waals surface area (Å²) in [6.45, 7) is 17.9. The highest BCUT2D eigenvalue weighted by Gasteiger charge is 2.09. The van der Waals surface area contributed by atoms with Gasteiger partial charge in [0.2, 0.25) is 0 Å². The van der Waals surface area contributed by atoms with Crippen LogP contribution in [0.3, 0.4) is 0 Å². The Hall–Kier alpha value is -3.02. The molecule has 0 spiro atoms. The fourth-order valence-electron chi connectivity index (χ4n) is 14.5. The van der Waals surface area contributed by atoms with E-state index in [9.17, 15) is 28.8 Å². The molecule has 0 aromatic carbocycles. The van der Waals surface area contributed by atoms with Crippen molar-refractivity contribution in [3.8, 4) is 0 Å². The first-order chi connectivity index (χ1) is 50.6. The van der Waals surface area contributed by atoms with Gasteiger partial charge >= 0.3 is 0 Å². The van der Waals surface area contributed by atoms with Gasteiger partial charge in [-0.15, -0.1) is 0 Å². The maximum Gasteiger partial charge on any atom is 0.162 e. The van der Waals surface area contributed by atoms with Gasteiger partial charge in [0.15, 0.2) is 23.1 Å². The number of carbonyl (C=O) groups is 6. The van der Waals surface area contributed by atoms with Crippen LogP contribution in [0.1, 0.15) is 534 Å². The Morgan fingerprint density at radius 1 is 0.155 bits per heavy atom. The number of rotatable bonds is 88. The fraction of sp³-hybridized carbons (Fsp3) is 0.856. The highest BCUT2D eigenvalue weighted by molar-refractivity contribution is 6.08. The largest absolute Gasteiger partial charge is 0.299 e. The Kier molecular flexibility index (Phi) is 96.1. The molecule has 0 unspecified atom stereocenters. The molecule has 0 aromatic heterocycles. The summed E-state index contributed by atoms with van der Waals surface area (Å²) in [5.41, 5.74) is 0. The number of ketones is 6. The molecule has 0 aliphatic carbocycles. The highest BCUT2D eigenvalue weighted by Crippen LogP contribution is 2.22. The normalized spacial score (nSPS) is 11.0. The highest BCUT2D eigenvalue weighted by atomic mass is 16.2. The smallest absolute Gasteiger partial charge is 0.162 e. The van der Waals surface area contributed by atoms with E-state index in [1.165, 1.54) is 474 Å². The van der Waals surface area contributed by atoms with Crippen LogP contribution in [0.4, 0.5) is 0 Å². The minimum atomic E-state index is -0.264. The SMILES string of the molecule is C=CC(=O)CC(=O)C=C.C=CC(=O)CC(=O)CCCCCCCCCCCCCCCCCCCCCCCCCCCCCCCCCCCCCC(=O)CC(=O)C=C.CCCCCCCCCCCCCCCCCCCCCCCCCCCCCCCCCCCCCCCCCCC. The van der Waals surface area contributed by atoms with Crippen molar-refractivity contribution in [1.82, 2.24) is 0 Å². The average molecular weight is 1440 g/mol. The van der Waals surface area contributed by atoms with E-state index in [0.29, 0.717) is 12.8 Å². The van der Waals surface area contributed by atoms with Crippen LogP contribution in [0, 0.1) is 0 Å². The van der Waals surface area contributed by atoms with Gasteiger partial charge in [0.05, 0.1) is 19.3 Å². The Labute approximate surface area is 644 Å². The molecule has 0 rings (SSSR count). The van der Waals surface area contributed by atoms with Crippen LogP contribution in [0.5, 0.6) is 0 Å². The van der Waals surface area contributed by atoms with E-state index >= 15 is 0 Å². The Balaban J connectivity index is -0.00000175. The summed E-state index contributed by atoms with van der Waals surface area (Å²) in [4.78, 5) is 66.4. The van der Waals surface area contributed by atoms with Crippen LogP contribution in [-0.4, -0.2) is 34.7 Å². The number of hydrogen-bond donors (Lipinski definition) is 0. The molecule has 103 heavy (non-hydrogen) atoms. The summed E-state index contributed by atoms with van der Waals surface area (Å²) in [6, 6.07) is 0. The molecule has 0 N–H and O–H groups in total. The minimum Gasteiger partial charge on any atom is -0.299 e. The summed E-state index contributed by atoms with van der Waals surface area (Å²) in [6.07, 6.45) is 114. The lowest BCUT2D eigenvalue weighted by Gasteiger charge is -2.05. The predicted octanol–water partition coefficient (Wildman–Crippen LogP) is 32.8. The minimum absolute atomic E-state index is 0.0376. The van der Waals surface area contributed by atoms with E-state index in [1.807, 2.05) is 0 Å². The molecule has 0 saturated carbocycles. The van der Waals surface area contributed by atoms with Crippen molar-refractivity contribution in [3.63, 3.8) is 0 Å². The van der Waals surface area contributed by atoms with Gasteiger partial charge in [-0.25, -0.2) is 0 Å². The second-order valence-electron chi connectivity index (χ2n) is 32.0. The van der Waals surface area contributed by atoms with Crippen molar-refractivity contribution < 1.29 is 28.8 Å². The standard InChI is InChI=1S/C47H84O4.C43H88.C7H8O2/c1-3-44(48)42-46(50)40-38-36-34-32-30-28-26-24-22-20-18-16-14-12-10-8-6-5-7-9-11-13-15-17-19-21-23-25-27-29-31-33-35-37-39-41-47(51)43-45(49)4-2;1-3-5-7-9-11-13-15-17-19-21-23-25-27-29-31-33-35-37-39-41-43-42-40-38-36-34-32-30-28-26-24-22-20-18-16-14-12-10-8-6-4-2;1-3-6(8)5-7(9)4-2/h3-4H,1-2,5-43H2;3-43H2,1-2H3;3-4H,1-2,5H2. The van der Waals surface area contributed by atoms with Crippen LogP contribution in [-0.2, 0) is 28.8 Å². The molecule has 0 saturated heterocycles. The molecule has 0 amide bonds. The molecule has 0 atom stereocenters. The van der Waals surface area contributed by atoms with Crippen LogP contribution in [0.25, 0.3) is 0 Å². The number of Topliss-reactive ketones (excluding diaryl/α,β-unsaturated/α-hetero) is 2. The lowest BCUT2D eigenvalue weighted by Crippen LogP contribution is -2.04. The zero-order chi connectivity index (χ0) is 75.6. The zero-order valence-electron chi connectivity index (χ0n) is 69.9. The van der Waals surface area contributed by atoms with Gasteiger partial charge in [-0.1, -0.05) is 515 Å². The van der Waals surface area contributed by atoms with E-state index in [1.54, 1.807) is 0 Å². The molecule has 0 aromatic rings. The van der Waals surface area contributed by atoms with E-state index in [2.05, 4.69) is 40.2 Å². The topological polar surface area (TPSA) is 102 Å². The average Bonchev–Trinajstić information content (AvgIpc) is 3.65. The molecule has 6 heteroatoms. The molecular weight excluding hydrogens is 1260 g/mol. The Morgan fingerprint density at radius 3 is 0.359 bits per heavy atom. The quantitative estimate of drug-likeness (QED) is 0.0341. The number of hydrogen-bond acceptors (Lipinski definition) is 6. The maximum atomic E-state index is 11.6. The molecule has 0 aliphatic rings. The molecular formula is C97H180O6. The summed E-state index contributed by atoms with van der Waals surface area (Å²) in [7, 11) is 0. The van der Waals surface area contributed by atoms with E-state index in [0.717, 1.165) is 37.8 Å². The summed E-state index contributed by atoms with van der Waals surface area (Å²) >= 11 is 0. The number of allylic oxidation sites excluding steroid dienone is 4. The van der Waals surface area contributed by atoms with Gasteiger partial charge in [0.1, 0.15) is 11.6 Å². The molecule has 0 fully saturated rings. The lowest BCUT2D eigenvalue weighted by atomic mass is 10.0. The van der Waals surface area contributed by atoms with Gasteiger partial charge in [-0.3, -0.25) is 28.8 Å². The monoisotopic (exact) mass is 1440 g/mol. The van der Waals surface area contributed by atoms with Gasteiger partial charge in [-0.2, -0.15) is 0 Å². The van der Waals surface area contributed by atoms with Gasteiger partial charge < -0.3 is 0 Å². The summed E-state index contributed by atoms with van der Waals surface area (Å²) in [5, 5.41) is 0. The van der Waals surface area contributed by atoms with Crippen LogP contribution >= 0.6 is 0 Å². The van der Waals surface area contributed by atoms with Crippen LogP contribution in [0.15, 0.2) is 50.6 Å². The molecule has 0 heterocycles. The molecule has 6 nitrogen and oxygen atoms in total. The van der Waals surface area contributed by atoms with E-state index < -0.39 is 0 Å². The predicted molar refractivity (Wildman–Crippen MR) is 456 cm³/mol. The second kappa shape index (κ2) is 95.1. The molecule has 604 valence electrons. The van der Waals surface area contributed by atoms with Gasteiger partial charge in [0.25, 0.3) is 0 Å². The Bertz CT molecular complexity index is 1680. The first-order valence-electron chi connectivity index (χ1n) is 46.3. The van der Waals surface area contributed by atoms with Crippen molar-refractivity contribution in [1.29, 1.82) is 0 Å². The van der Waals surface area contributed by atoms with Crippen LogP contribution in [0.2, 0.25) is 0 Å². The third-order valence-electron chi connectivity index (χ3n) is 21.6. The fourth-order valence-corrected chi connectivity index (χ4v) is 14.5. The van der Waals surface area contributed by atoms with Crippen molar-refractivity contribution in [2.75, 3.05) is 0 Å². The summed E-state index contributed by atoms with van der Waals surface area (Å²) < 4.78 is 0. The van der Waals surface area contributed by atoms with Crippen LogP contribution < -0.4 is 0 Å². The molecule has 0 bridgehead atoms. The first kappa shape index (κ1) is 104. The third-order valence-corrected chi connectivity index (χ3v) is 21.6. The second-order valence-corrected chi connectivity index (χ2v) is 32.0. The number of carbonyl (C=O) groups excluding carboxylic acids is 6. The van der Waals surface area contributed by atoms with Gasteiger partial charge in [-0.05, 0) is 37.1 Å².